The van der Waals surface area contributed by atoms with Gasteiger partial charge in [-0.3, -0.25) is 0 Å². The summed E-state index contributed by atoms with van der Waals surface area (Å²) in [6, 6.07) is 0. The van der Waals surface area contributed by atoms with Gasteiger partial charge in [-0.15, -0.1) is 0 Å². The second kappa shape index (κ2) is 8.92. The summed E-state index contributed by atoms with van der Waals surface area (Å²) < 4.78 is 0. The smallest absolute Gasteiger partial charge is 0.167 e. The van der Waals surface area contributed by atoms with Gasteiger partial charge in [0.25, 0.3) is 0 Å². The van der Waals surface area contributed by atoms with Crippen molar-refractivity contribution >= 4 is 0 Å². The zero-order valence-corrected chi connectivity index (χ0v) is 13.0. The lowest BCUT2D eigenvalue weighted by molar-refractivity contribution is -0.250. The normalized spacial score (nSPS) is 13.0. The predicted molar refractivity (Wildman–Crippen MR) is 78.5 cm³/mol. The molecule has 0 amide bonds. The molecule has 0 aliphatic heterocycles. The molecule has 0 fully saturated rings. The van der Waals surface area contributed by atoms with Gasteiger partial charge in [0.05, 0.1) is 0 Å². The first-order chi connectivity index (χ1) is 8.49. The third-order valence-corrected chi connectivity index (χ3v) is 4.70. The van der Waals surface area contributed by atoms with Gasteiger partial charge in [0, 0.05) is 5.41 Å². The summed E-state index contributed by atoms with van der Waals surface area (Å²) in [6.07, 6.45) is 10.6. The van der Waals surface area contributed by atoms with Gasteiger partial charge in [0.1, 0.15) is 0 Å². The first-order valence-electron chi connectivity index (χ1n) is 7.94. The molecular formula is C16H34O2. The molecule has 0 rings (SSSR count). The first kappa shape index (κ1) is 17.9. The lowest BCUT2D eigenvalue weighted by atomic mass is 9.70. The highest BCUT2D eigenvalue weighted by molar-refractivity contribution is 4.89. The molecule has 0 aromatic carbocycles. The second-order valence-electron chi connectivity index (χ2n) is 5.68. The number of hydrogen-bond donors (Lipinski definition) is 2. The number of rotatable bonds is 11. The van der Waals surface area contributed by atoms with E-state index in [0.717, 1.165) is 25.7 Å². The van der Waals surface area contributed by atoms with Crippen molar-refractivity contribution in [2.45, 2.75) is 97.7 Å². The molecule has 0 aromatic heterocycles. The Bertz CT molecular complexity index is 195. The van der Waals surface area contributed by atoms with Crippen LogP contribution in [0.5, 0.6) is 0 Å². The van der Waals surface area contributed by atoms with Crippen molar-refractivity contribution in [2.75, 3.05) is 0 Å². The van der Waals surface area contributed by atoms with Crippen LogP contribution in [0.2, 0.25) is 0 Å². The Kier molecular flexibility index (Phi) is 8.89. The molecule has 0 bridgehead atoms. The van der Waals surface area contributed by atoms with Crippen LogP contribution in [0, 0.1) is 5.41 Å². The van der Waals surface area contributed by atoms with Crippen LogP contribution >= 0.6 is 0 Å². The van der Waals surface area contributed by atoms with Crippen LogP contribution in [-0.2, 0) is 0 Å². The highest BCUT2D eigenvalue weighted by Crippen LogP contribution is 2.43. The molecule has 2 nitrogen and oxygen atoms in total. The quantitative estimate of drug-likeness (QED) is 0.419. The topological polar surface area (TPSA) is 40.5 Å². The van der Waals surface area contributed by atoms with E-state index < -0.39 is 5.79 Å². The Morgan fingerprint density at radius 3 is 1.61 bits per heavy atom. The van der Waals surface area contributed by atoms with Crippen LogP contribution in [0.3, 0.4) is 0 Å². The molecule has 0 aliphatic carbocycles. The molecule has 0 unspecified atom stereocenters. The minimum atomic E-state index is -1.50. The van der Waals surface area contributed by atoms with E-state index in [1.54, 1.807) is 0 Å². The average molecular weight is 258 g/mol. The van der Waals surface area contributed by atoms with Gasteiger partial charge in [-0.25, -0.2) is 0 Å². The van der Waals surface area contributed by atoms with Crippen LogP contribution in [0.15, 0.2) is 0 Å². The summed E-state index contributed by atoms with van der Waals surface area (Å²) in [5.74, 6) is -1.50. The molecule has 0 spiro atoms. The van der Waals surface area contributed by atoms with Crippen molar-refractivity contribution in [1.29, 1.82) is 0 Å². The van der Waals surface area contributed by atoms with Crippen LogP contribution in [0.4, 0.5) is 0 Å². The average Bonchev–Trinajstić information content (AvgIpc) is 2.38. The zero-order valence-electron chi connectivity index (χ0n) is 13.0. The minimum absolute atomic E-state index is 0.313. The van der Waals surface area contributed by atoms with Crippen molar-refractivity contribution in [2.24, 2.45) is 5.41 Å². The fourth-order valence-electron chi connectivity index (χ4n) is 2.99. The summed E-state index contributed by atoms with van der Waals surface area (Å²) in [5, 5.41) is 20.5. The lowest BCUT2D eigenvalue weighted by Gasteiger charge is -2.43. The standard InChI is InChI=1S/C16H34O2/c1-5-9-10-11-12-13-14-15(6-2,7-3)16(17,18)8-4/h17-18H,5-14H2,1-4H3. The number of unbranched alkanes of at least 4 members (excludes halogenated alkanes) is 5. The third-order valence-electron chi connectivity index (χ3n) is 4.70. The fourth-order valence-corrected chi connectivity index (χ4v) is 2.99. The molecule has 110 valence electrons. The van der Waals surface area contributed by atoms with Gasteiger partial charge >= 0.3 is 0 Å². The summed E-state index contributed by atoms with van der Waals surface area (Å²) in [6.45, 7) is 8.25. The third kappa shape index (κ3) is 4.89. The number of hydrogen-bond acceptors (Lipinski definition) is 2. The highest BCUT2D eigenvalue weighted by atomic mass is 16.5. The van der Waals surface area contributed by atoms with Crippen LogP contribution in [0.25, 0.3) is 0 Å². The fraction of sp³-hybridized carbons (Fsp3) is 1.00. The monoisotopic (exact) mass is 258 g/mol. The molecule has 0 aliphatic rings. The lowest BCUT2D eigenvalue weighted by Crippen LogP contribution is -2.47. The Hall–Kier alpha value is -0.0800. The van der Waals surface area contributed by atoms with Gasteiger partial charge in [-0.1, -0.05) is 66.2 Å². The van der Waals surface area contributed by atoms with Gasteiger partial charge in [-0.05, 0) is 25.7 Å². The van der Waals surface area contributed by atoms with E-state index in [2.05, 4.69) is 20.8 Å². The maximum Gasteiger partial charge on any atom is 0.167 e. The van der Waals surface area contributed by atoms with E-state index in [4.69, 9.17) is 0 Å². The molecule has 2 heteroatoms. The second-order valence-corrected chi connectivity index (χ2v) is 5.68. The first-order valence-corrected chi connectivity index (χ1v) is 7.94. The number of aliphatic hydroxyl groups is 2. The Labute approximate surface area is 114 Å². The van der Waals surface area contributed by atoms with E-state index in [-0.39, 0.29) is 5.41 Å². The Balaban J connectivity index is 4.20. The van der Waals surface area contributed by atoms with E-state index >= 15 is 0 Å². The molecule has 0 atom stereocenters. The van der Waals surface area contributed by atoms with Gasteiger partial charge < -0.3 is 10.2 Å². The Morgan fingerprint density at radius 1 is 0.667 bits per heavy atom. The van der Waals surface area contributed by atoms with E-state index in [1.165, 1.54) is 32.1 Å². The van der Waals surface area contributed by atoms with Crippen molar-refractivity contribution < 1.29 is 10.2 Å². The van der Waals surface area contributed by atoms with Crippen LogP contribution in [-0.4, -0.2) is 16.0 Å². The SMILES string of the molecule is CCCCCCCCC(CC)(CC)C(O)(O)CC. The maximum absolute atomic E-state index is 10.2. The molecular weight excluding hydrogens is 224 g/mol. The molecule has 0 saturated heterocycles. The maximum atomic E-state index is 10.2. The van der Waals surface area contributed by atoms with Crippen molar-refractivity contribution in [3.8, 4) is 0 Å². The molecule has 0 radical (unpaired) electrons. The van der Waals surface area contributed by atoms with Crippen molar-refractivity contribution in [3.05, 3.63) is 0 Å². The molecule has 0 aromatic rings. The zero-order chi connectivity index (χ0) is 14.1. The largest absolute Gasteiger partial charge is 0.365 e. The highest BCUT2D eigenvalue weighted by Gasteiger charge is 2.44. The van der Waals surface area contributed by atoms with Gasteiger partial charge in [-0.2, -0.15) is 0 Å². The Morgan fingerprint density at radius 2 is 1.17 bits per heavy atom. The molecule has 2 N–H and O–H groups in total. The summed E-state index contributed by atoms with van der Waals surface area (Å²) in [7, 11) is 0. The van der Waals surface area contributed by atoms with Crippen molar-refractivity contribution in [1.82, 2.24) is 0 Å². The van der Waals surface area contributed by atoms with Gasteiger partial charge in [0.15, 0.2) is 5.79 Å². The molecule has 18 heavy (non-hydrogen) atoms. The van der Waals surface area contributed by atoms with E-state index in [9.17, 15) is 10.2 Å². The van der Waals surface area contributed by atoms with E-state index in [1.807, 2.05) is 6.92 Å². The van der Waals surface area contributed by atoms with E-state index in [0.29, 0.717) is 6.42 Å². The summed E-state index contributed by atoms with van der Waals surface area (Å²) in [5.41, 5.74) is -0.313. The summed E-state index contributed by atoms with van der Waals surface area (Å²) >= 11 is 0. The summed E-state index contributed by atoms with van der Waals surface area (Å²) in [4.78, 5) is 0. The van der Waals surface area contributed by atoms with Gasteiger partial charge in [0.2, 0.25) is 0 Å². The molecule has 0 saturated carbocycles. The minimum Gasteiger partial charge on any atom is -0.365 e. The van der Waals surface area contributed by atoms with Crippen LogP contribution < -0.4 is 0 Å². The van der Waals surface area contributed by atoms with Crippen molar-refractivity contribution in [3.63, 3.8) is 0 Å². The predicted octanol–water partition coefficient (Wildman–Crippen LogP) is 4.63. The molecule has 0 heterocycles. The van der Waals surface area contributed by atoms with Crippen LogP contribution in [0.1, 0.15) is 91.9 Å².